The highest BCUT2D eigenvalue weighted by Crippen LogP contribution is 2.24. The smallest absolute Gasteiger partial charge is 0.331 e. The van der Waals surface area contributed by atoms with Gasteiger partial charge in [-0.15, -0.1) is 0 Å². The van der Waals surface area contributed by atoms with Crippen molar-refractivity contribution >= 4 is 45.0 Å². The lowest BCUT2D eigenvalue weighted by Crippen LogP contribution is -2.37. The van der Waals surface area contributed by atoms with E-state index in [0.717, 1.165) is 0 Å². The Balaban J connectivity index is 1.75. The van der Waals surface area contributed by atoms with Crippen LogP contribution in [0.5, 0.6) is 0 Å². The second-order valence-corrected chi connectivity index (χ2v) is 9.43. The van der Waals surface area contributed by atoms with Crippen LogP contribution in [0.3, 0.4) is 0 Å². The topological polar surface area (TPSA) is 114 Å². The van der Waals surface area contributed by atoms with Crippen LogP contribution < -0.4 is 10.0 Å². The fraction of sp³-hybridized carbons (Fsp3) is 0.286. The number of amides is 1. The van der Waals surface area contributed by atoms with Crippen molar-refractivity contribution in [1.82, 2.24) is 4.72 Å². The Hall–Kier alpha value is -2.91. The number of halogens is 1. The molecule has 31 heavy (non-hydrogen) atoms. The second kappa shape index (κ2) is 9.07. The van der Waals surface area contributed by atoms with E-state index < -0.39 is 34.0 Å². The van der Waals surface area contributed by atoms with E-state index in [2.05, 4.69) is 15.0 Å². The normalized spacial score (nSPS) is 17.5. The molecular formula is C21H22ClN3O5S. The highest BCUT2D eigenvalue weighted by molar-refractivity contribution is 7.90. The zero-order valence-corrected chi connectivity index (χ0v) is 18.7. The van der Waals surface area contributed by atoms with Gasteiger partial charge in [0.25, 0.3) is 15.9 Å². The number of anilines is 1. The average molecular weight is 464 g/mol. The standard InChI is InChI=1S/C21H22ClN3O5S/c1-12(2)18(24-19-16-6-4-5-7-17(16)31(28,29)25-19)21(27)30-13(3)20(26)23-15-10-8-14(22)9-11-15/h4-13,18H,1-3H3,(H,23,26)(H,24,25)/t13-,18+/m0/s1. The number of hydrogen-bond acceptors (Lipinski definition) is 6. The molecule has 2 aromatic rings. The molecule has 3 rings (SSSR count). The van der Waals surface area contributed by atoms with Crippen molar-refractivity contribution < 1.29 is 22.7 Å². The number of nitrogens with one attached hydrogen (secondary N) is 2. The molecule has 0 fully saturated rings. The van der Waals surface area contributed by atoms with E-state index in [1.165, 1.54) is 13.0 Å². The maximum Gasteiger partial charge on any atom is 0.331 e. The summed E-state index contributed by atoms with van der Waals surface area (Å²) in [6.45, 7) is 4.95. The first-order chi connectivity index (χ1) is 14.6. The quantitative estimate of drug-likeness (QED) is 0.639. The fourth-order valence-electron chi connectivity index (χ4n) is 2.92. The predicted octanol–water partition coefficient (Wildman–Crippen LogP) is 2.97. The molecule has 164 valence electrons. The summed E-state index contributed by atoms with van der Waals surface area (Å²) in [7, 11) is -3.73. The van der Waals surface area contributed by atoms with Crippen LogP contribution in [0.25, 0.3) is 0 Å². The van der Waals surface area contributed by atoms with Crippen LogP contribution in [-0.2, 0) is 24.3 Å². The van der Waals surface area contributed by atoms with Gasteiger partial charge in [0.15, 0.2) is 12.1 Å². The van der Waals surface area contributed by atoms with Gasteiger partial charge < -0.3 is 10.1 Å². The summed E-state index contributed by atoms with van der Waals surface area (Å²) in [4.78, 5) is 29.5. The highest BCUT2D eigenvalue weighted by Gasteiger charge is 2.34. The molecule has 2 N–H and O–H groups in total. The predicted molar refractivity (Wildman–Crippen MR) is 118 cm³/mol. The lowest BCUT2D eigenvalue weighted by molar-refractivity contribution is -0.155. The third kappa shape index (κ3) is 5.23. The first-order valence-corrected chi connectivity index (χ1v) is 11.4. The molecule has 1 aliphatic heterocycles. The number of aliphatic imine (C=N–C) groups is 1. The Morgan fingerprint density at radius 1 is 1.06 bits per heavy atom. The van der Waals surface area contributed by atoms with Crippen LogP contribution in [0.4, 0.5) is 5.69 Å². The van der Waals surface area contributed by atoms with Gasteiger partial charge >= 0.3 is 5.97 Å². The molecule has 8 nitrogen and oxygen atoms in total. The second-order valence-electron chi connectivity index (χ2n) is 7.34. The number of nitrogens with zero attached hydrogens (tertiary/aromatic N) is 1. The van der Waals surface area contributed by atoms with Crippen LogP contribution in [0.2, 0.25) is 5.02 Å². The van der Waals surface area contributed by atoms with Crippen molar-refractivity contribution in [1.29, 1.82) is 0 Å². The molecule has 0 saturated heterocycles. The molecule has 0 aromatic heterocycles. The van der Waals surface area contributed by atoms with E-state index in [9.17, 15) is 18.0 Å². The molecule has 2 atom stereocenters. The number of carbonyl (C=O) groups excluding carboxylic acids is 2. The summed E-state index contributed by atoms with van der Waals surface area (Å²) in [5.74, 6) is -1.48. The van der Waals surface area contributed by atoms with Gasteiger partial charge in [-0.3, -0.25) is 14.5 Å². The number of rotatable bonds is 6. The first-order valence-electron chi connectivity index (χ1n) is 9.55. The largest absolute Gasteiger partial charge is 0.451 e. The number of benzene rings is 2. The molecule has 1 aliphatic rings. The molecule has 2 aromatic carbocycles. The Morgan fingerprint density at radius 2 is 1.71 bits per heavy atom. The number of hydrogen-bond donors (Lipinski definition) is 2. The van der Waals surface area contributed by atoms with Crippen molar-refractivity contribution in [2.75, 3.05) is 5.32 Å². The van der Waals surface area contributed by atoms with E-state index in [-0.39, 0.29) is 16.6 Å². The van der Waals surface area contributed by atoms with Crippen molar-refractivity contribution in [2.24, 2.45) is 10.9 Å². The molecule has 0 aliphatic carbocycles. The number of sulfonamides is 1. The van der Waals surface area contributed by atoms with Crippen LogP contribution in [-0.4, -0.2) is 38.3 Å². The van der Waals surface area contributed by atoms with E-state index >= 15 is 0 Å². The number of ether oxygens (including phenoxy) is 1. The minimum atomic E-state index is -3.73. The molecule has 0 bridgehead atoms. The van der Waals surface area contributed by atoms with Gasteiger partial charge in [0.05, 0.1) is 4.90 Å². The van der Waals surface area contributed by atoms with Crippen molar-refractivity contribution in [3.63, 3.8) is 0 Å². The van der Waals surface area contributed by atoms with Gasteiger partial charge in [-0.1, -0.05) is 37.6 Å². The van der Waals surface area contributed by atoms with E-state index in [1.807, 2.05) is 0 Å². The monoisotopic (exact) mass is 463 g/mol. The maximum atomic E-state index is 12.8. The molecule has 0 spiro atoms. The highest BCUT2D eigenvalue weighted by atomic mass is 35.5. The molecular weight excluding hydrogens is 442 g/mol. The molecule has 10 heteroatoms. The Labute approximate surface area is 185 Å². The van der Waals surface area contributed by atoms with Crippen molar-refractivity contribution in [3.8, 4) is 0 Å². The summed E-state index contributed by atoms with van der Waals surface area (Å²) in [6.07, 6.45) is -1.09. The Morgan fingerprint density at radius 3 is 2.35 bits per heavy atom. The first kappa shape index (κ1) is 22.8. The summed E-state index contributed by atoms with van der Waals surface area (Å²) in [5, 5.41) is 3.17. The van der Waals surface area contributed by atoms with Crippen molar-refractivity contribution in [3.05, 3.63) is 59.1 Å². The van der Waals surface area contributed by atoms with Crippen LogP contribution >= 0.6 is 11.6 Å². The number of amidine groups is 1. The van der Waals surface area contributed by atoms with Crippen molar-refractivity contribution in [2.45, 2.75) is 37.8 Å². The molecule has 0 saturated carbocycles. The van der Waals surface area contributed by atoms with Gasteiger partial charge in [0.2, 0.25) is 0 Å². The average Bonchev–Trinajstić information content (AvgIpc) is 2.97. The zero-order chi connectivity index (χ0) is 22.8. The summed E-state index contributed by atoms with van der Waals surface area (Å²) in [6, 6.07) is 11.9. The van der Waals surface area contributed by atoms with Gasteiger partial charge in [0.1, 0.15) is 5.84 Å². The molecule has 1 heterocycles. The summed E-state index contributed by atoms with van der Waals surface area (Å²) >= 11 is 5.83. The number of carbonyl (C=O) groups is 2. The lowest BCUT2D eigenvalue weighted by Gasteiger charge is -2.19. The minimum absolute atomic E-state index is 0.0736. The number of esters is 1. The van der Waals surface area contributed by atoms with Gasteiger partial charge in [0, 0.05) is 16.3 Å². The van der Waals surface area contributed by atoms with Crippen LogP contribution in [0, 0.1) is 5.92 Å². The van der Waals surface area contributed by atoms with E-state index in [0.29, 0.717) is 16.3 Å². The van der Waals surface area contributed by atoms with Gasteiger partial charge in [-0.05, 0) is 49.2 Å². The molecule has 0 unspecified atom stereocenters. The number of fused-ring (bicyclic) bond motifs is 1. The Kier molecular flexibility index (Phi) is 6.66. The fourth-order valence-corrected chi connectivity index (χ4v) is 4.28. The lowest BCUT2D eigenvalue weighted by atomic mass is 10.0. The third-order valence-electron chi connectivity index (χ3n) is 4.58. The molecule has 1 amide bonds. The van der Waals surface area contributed by atoms with E-state index in [1.54, 1.807) is 56.3 Å². The van der Waals surface area contributed by atoms with Gasteiger partial charge in [-0.25, -0.2) is 13.2 Å². The van der Waals surface area contributed by atoms with E-state index in [4.69, 9.17) is 16.3 Å². The zero-order valence-electron chi connectivity index (χ0n) is 17.1. The van der Waals surface area contributed by atoms with Crippen LogP contribution in [0.15, 0.2) is 58.4 Å². The minimum Gasteiger partial charge on any atom is -0.451 e. The van der Waals surface area contributed by atoms with Crippen LogP contribution in [0.1, 0.15) is 26.3 Å². The SMILES string of the molecule is CC(C)[C@@H](N=C1NS(=O)(=O)c2ccccc21)C(=O)O[C@@H](C)C(=O)Nc1ccc(Cl)cc1. The Bertz CT molecular complexity index is 1130. The van der Waals surface area contributed by atoms with Gasteiger partial charge in [-0.2, -0.15) is 0 Å². The molecule has 0 radical (unpaired) electrons. The summed E-state index contributed by atoms with van der Waals surface area (Å²) < 4.78 is 32.2. The third-order valence-corrected chi connectivity index (χ3v) is 6.23. The maximum absolute atomic E-state index is 12.8. The summed E-state index contributed by atoms with van der Waals surface area (Å²) in [5.41, 5.74) is 0.893.